The van der Waals surface area contributed by atoms with E-state index in [0.717, 1.165) is 0 Å². The molecule has 2 aromatic carbocycles. The molecule has 7 nitrogen and oxygen atoms in total. The van der Waals surface area contributed by atoms with Crippen LogP contribution in [0.1, 0.15) is 38.3 Å². The molecule has 1 amide bonds. The molecule has 30 heavy (non-hydrogen) atoms. The topological polar surface area (TPSA) is 91.2 Å². The maximum Gasteiger partial charge on any atom is 0.285 e. The number of sulfonamides is 1. The van der Waals surface area contributed by atoms with Crippen molar-refractivity contribution in [1.29, 1.82) is 0 Å². The highest BCUT2D eigenvalue weighted by atomic mass is 32.2. The number of hydrogen-bond acceptors (Lipinski definition) is 5. The lowest BCUT2D eigenvalue weighted by Gasteiger charge is -2.22. The molecular weight excluding hydrogens is 407 g/mol. The van der Waals surface area contributed by atoms with Crippen molar-refractivity contribution in [3.8, 4) is 0 Å². The number of halogens is 1. The summed E-state index contributed by atoms with van der Waals surface area (Å²) in [6.07, 6.45) is 1.33. The van der Waals surface area contributed by atoms with Crippen LogP contribution < -0.4 is 5.32 Å². The minimum Gasteiger partial charge on any atom is -0.351 e. The van der Waals surface area contributed by atoms with E-state index in [4.69, 9.17) is 0 Å². The zero-order valence-electron chi connectivity index (χ0n) is 17.0. The van der Waals surface area contributed by atoms with E-state index >= 15 is 0 Å². The molecule has 0 fully saturated rings. The molecule has 0 bridgehead atoms. The maximum atomic E-state index is 14.0. The molecule has 0 saturated heterocycles. The van der Waals surface area contributed by atoms with Gasteiger partial charge in [-0.05, 0) is 39.0 Å². The van der Waals surface area contributed by atoms with Crippen molar-refractivity contribution in [3.05, 3.63) is 65.5 Å². The Kier molecular flexibility index (Phi) is 6.02. The first-order valence-electron chi connectivity index (χ1n) is 9.38. The first-order valence-corrected chi connectivity index (χ1v) is 10.8. The van der Waals surface area contributed by atoms with E-state index < -0.39 is 21.4 Å². The lowest BCUT2D eigenvalue weighted by atomic mass is 10.1. The first kappa shape index (κ1) is 21.6. The molecule has 0 spiro atoms. The van der Waals surface area contributed by atoms with Crippen molar-refractivity contribution in [2.24, 2.45) is 9.50 Å². The quantitative estimate of drug-likeness (QED) is 0.583. The predicted molar refractivity (Wildman–Crippen MR) is 113 cm³/mol. The molecule has 1 N–H and O–H groups in total. The van der Waals surface area contributed by atoms with Crippen LogP contribution in [0.15, 0.2) is 62.9 Å². The van der Waals surface area contributed by atoms with Crippen LogP contribution in [-0.4, -0.2) is 43.5 Å². The van der Waals surface area contributed by atoms with Gasteiger partial charge in [-0.3, -0.25) is 4.79 Å². The number of hydrogen-bond donors (Lipinski definition) is 1. The van der Waals surface area contributed by atoms with Crippen LogP contribution in [-0.2, 0) is 14.8 Å². The molecule has 1 aliphatic heterocycles. The van der Waals surface area contributed by atoms with Crippen LogP contribution in [0.4, 0.5) is 4.39 Å². The van der Waals surface area contributed by atoms with Gasteiger partial charge in [0.15, 0.2) is 5.84 Å². The zero-order chi connectivity index (χ0) is 21.9. The Bertz CT molecular complexity index is 1120. The van der Waals surface area contributed by atoms with Crippen molar-refractivity contribution in [2.45, 2.75) is 37.6 Å². The largest absolute Gasteiger partial charge is 0.351 e. The molecule has 1 heterocycles. The lowest BCUT2D eigenvalue weighted by molar-refractivity contribution is -0.122. The minimum atomic E-state index is -3.86. The normalized spacial score (nSPS) is 15.0. The Labute approximate surface area is 175 Å². The summed E-state index contributed by atoms with van der Waals surface area (Å²) in [5.41, 5.74) is 0.217. The van der Waals surface area contributed by atoms with Gasteiger partial charge >= 0.3 is 0 Å². The summed E-state index contributed by atoms with van der Waals surface area (Å²) >= 11 is 0. The number of nitrogens with zero attached hydrogens (tertiary/aromatic N) is 3. The van der Waals surface area contributed by atoms with Crippen molar-refractivity contribution >= 4 is 28.0 Å². The van der Waals surface area contributed by atoms with Crippen LogP contribution >= 0.6 is 0 Å². The molecule has 0 saturated carbocycles. The highest BCUT2D eigenvalue weighted by Gasteiger charge is 2.32. The fourth-order valence-electron chi connectivity index (χ4n) is 2.89. The van der Waals surface area contributed by atoms with Crippen molar-refractivity contribution in [1.82, 2.24) is 10.3 Å². The second-order valence-electron chi connectivity index (χ2n) is 7.82. The Morgan fingerprint density at radius 2 is 1.83 bits per heavy atom. The van der Waals surface area contributed by atoms with Gasteiger partial charge in [-0.1, -0.05) is 30.3 Å². The third-order valence-corrected chi connectivity index (χ3v) is 5.49. The molecule has 0 aliphatic carbocycles. The van der Waals surface area contributed by atoms with Gasteiger partial charge in [0.1, 0.15) is 10.7 Å². The van der Waals surface area contributed by atoms with Crippen LogP contribution in [0.3, 0.4) is 0 Å². The molecule has 0 radical (unpaired) electrons. The number of amidine groups is 1. The average Bonchev–Trinajstić information content (AvgIpc) is 2.93. The Morgan fingerprint density at radius 1 is 1.17 bits per heavy atom. The molecule has 3 rings (SSSR count). The van der Waals surface area contributed by atoms with Gasteiger partial charge in [0, 0.05) is 23.1 Å². The van der Waals surface area contributed by atoms with Gasteiger partial charge in [-0.25, -0.2) is 9.40 Å². The number of amides is 1. The predicted octanol–water partition coefficient (Wildman–Crippen LogP) is 2.92. The molecule has 9 heteroatoms. The molecular formula is C21H23FN4O3S. The van der Waals surface area contributed by atoms with Crippen LogP contribution in [0.2, 0.25) is 0 Å². The first-order chi connectivity index (χ1) is 14.1. The van der Waals surface area contributed by atoms with Crippen LogP contribution in [0.25, 0.3) is 0 Å². The van der Waals surface area contributed by atoms with Crippen molar-refractivity contribution in [2.75, 3.05) is 6.54 Å². The fraction of sp³-hybridized carbons (Fsp3) is 0.286. The van der Waals surface area contributed by atoms with Gasteiger partial charge in [0.25, 0.3) is 10.0 Å². The summed E-state index contributed by atoms with van der Waals surface area (Å²) < 4.78 is 42.7. The van der Waals surface area contributed by atoms with E-state index in [1.165, 1.54) is 23.4 Å². The summed E-state index contributed by atoms with van der Waals surface area (Å²) in [4.78, 5) is 12.3. The Balaban J connectivity index is 1.92. The number of benzene rings is 2. The smallest absolute Gasteiger partial charge is 0.285 e. The molecule has 158 valence electrons. The Hall–Kier alpha value is -3.07. The number of rotatable bonds is 5. The monoisotopic (exact) mass is 430 g/mol. The zero-order valence-corrected chi connectivity index (χ0v) is 17.8. The van der Waals surface area contributed by atoms with Crippen LogP contribution in [0, 0.1) is 5.82 Å². The van der Waals surface area contributed by atoms with Crippen molar-refractivity contribution in [3.63, 3.8) is 0 Å². The second-order valence-corrected chi connectivity index (χ2v) is 9.40. The highest BCUT2D eigenvalue weighted by molar-refractivity contribution is 7.90. The molecule has 0 unspecified atom stereocenters. The van der Waals surface area contributed by atoms with E-state index in [1.54, 1.807) is 36.4 Å². The van der Waals surface area contributed by atoms with Crippen molar-refractivity contribution < 1.29 is 17.6 Å². The van der Waals surface area contributed by atoms with Gasteiger partial charge in [-0.2, -0.15) is 13.5 Å². The third-order valence-electron chi connectivity index (χ3n) is 4.16. The summed E-state index contributed by atoms with van der Waals surface area (Å²) in [7, 11) is -3.86. The van der Waals surface area contributed by atoms with Gasteiger partial charge in [0.2, 0.25) is 5.91 Å². The molecule has 0 atom stereocenters. The number of hydrazone groups is 1. The number of carbonyl (C=O) groups is 1. The van der Waals surface area contributed by atoms with Crippen LogP contribution in [0.5, 0.6) is 0 Å². The van der Waals surface area contributed by atoms with E-state index in [0.29, 0.717) is 5.56 Å². The minimum absolute atomic E-state index is 0.0487. The van der Waals surface area contributed by atoms with E-state index in [1.807, 2.05) is 20.8 Å². The summed E-state index contributed by atoms with van der Waals surface area (Å²) in [6, 6.07) is 12.5. The SMILES string of the molecule is CC(C)(C)NC(=O)CCN(/N=C\c1ccccc1F)C1=NS(=O)(=O)c2ccccc21. The second kappa shape index (κ2) is 8.35. The summed E-state index contributed by atoms with van der Waals surface area (Å²) in [6.45, 7) is 5.66. The molecule has 0 aromatic heterocycles. The lowest BCUT2D eigenvalue weighted by Crippen LogP contribution is -2.42. The molecule has 1 aliphatic rings. The number of fused-ring (bicyclic) bond motifs is 1. The standard InChI is InChI=1S/C21H23FN4O3S/c1-21(2,3)24-19(27)12-13-26(23-14-15-8-4-6-10-17(15)22)20-16-9-5-7-11-18(16)30(28,29)25-20/h4-11,14H,12-13H2,1-3H3,(H,24,27)/b23-14-. The number of nitrogens with one attached hydrogen (secondary N) is 1. The van der Waals surface area contributed by atoms with Gasteiger partial charge < -0.3 is 5.32 Å². The van der Waals surface area contributed by atoms with E-state index in [9.17, 15) is 17.6 Å². The Morgan fingerprint density at radius 3 is 2.53 bits per heavy atom. The average molecular weight is 431 g/mol. The van der Waals surface area contributed by atoms with E-state index in [-0.39, 0.29) is 35.2 Å². The fourth-order valence-corrected chi connectivity index (χ4v) is 4.10. The maximum absolute atomic E-state index is 14.0. The summed E-state index contributed by atoms with van der Waals surface area (Å²) in [5.74, 6) is -0.585. The van der Waals surface area contributed by atoms with Gasteiger partial charge in [0.05, 0.1) is 12.8 Å². The third kappa shape index (κ3) is 5.10. The highest BCUT2D eigenvalue weighted by Crippen LogP contribution is 2.27. The molecule has 2 aromatic rings. The number of carbonyl (C=O) groups excluding carboxylic acids is 1. The summed E-state index contributed by atoms with van der Waals surface area (Å²) in [5, 5.41) is 8.43. The van der Waals surface area contributed by atoms with Gasteiger partial charge in [-0.15, -0.1) is 4.40 Å². The van der Waals surface area contributed by atoms with E-state index in [2.05, 4.69) is 14.8 Å².